The van der Waals surface area contributed by atoms with Gasteiger partial charge in [-0.2, -0.15) is 5.10 Å². The molecule has 1 aromatic rings. The summed E-state index contributed by atoms with van der Waals surface area (Å²) < 4.78 is 0. The van der Waals surface area contributed by atoms with Crippen LogP contribution >= 0.6 is 0 Å². The topological polar surface area (TPSA) is 53.6 Å². The Kier molecular flexibility index (Phi) is 4.34. The summed E-state index contributed by atoms with van der Waals surface area (Å²) in [5, 5.41) is 10.4. The number of hydrogen-bond donors (Lipinski definition) is 2. The minimum atomic E-state index is 0.728. The van der Waals surface area contributed by atoms with E-state index in [1.165, 1.54) is 32.1 Å². The molecule has 4 nitrogen and oxygen atoms in total. The lowest BCUT2D eigenvalue weighted by Gasteiger charge is -2.28. The minimum Gasteiger partial charge on any atom is -0.314 e. The Bertz CT molecular complexity index is 275. The van der Waals surface area contributed by atoms with Crippen LogP contribution in [0.15, 0.2) is 6.33 Å². The molecule has 0 amide bonds. The first-order chi connectivity index (χ1) is 7.88. The molecule has 1 saturated carbocycles. The van der Waals surface area contributed by atoms with Gasteiger partial charge < -0.3 is 5.32 Å². The molecule has 0 radical (unpaired) electrons. The summed E-state index contributed by atoms with van der Waals surface area (Å²) in [4.78, 5) is 4.12. The molecular weight excluding hydrogens is 200 g/mol. The van der Waals surface area contributed by atoms with Crippen LogP contribution in [0.4, 0.5) is 0 Å². The van der Waals surface area contributed by atoms with E-state index in [1.807, 2.05) is 0 Å². The van der Waals surface area contributed by atoms with Crippen molar-refractivity contribution in [1.82, 2.24) is 20.5 Å². The molecule has 2 N–H and O–H groups in total. The lowest BCUT2D eigenvalue weighted by molar-refractivity contribution is 0.287. The van der Waals surface area contributed by atoms with E-state index in [1.54, 1.807) is 6.33 Å². The SMILES string of the molecule is CCC1CCC(NCCc2ncn[nH]2)CC1. The van der Waals surface area contributed by atoms with E-state index in [0.29, 0.717) is 0 Å². The Morgan fingerprint density at radius 2 is 2.19 bits per heavy atom. The third-order valence-electron chi connectivity index (χ3n) is 3.68. The summed E-state index contributed by atoms with van der Waals surface area (Å²) in [6.45, 7) is 3.32. The monoisotopic (exact) mass is 222 g/mol. The standard InChI is InChI=1S/C12H22N4/c1-2-10-3-5-11(6-4-10)13-8-7-12-14-9-15-16-12/h9-11,13H,2-8H2,1H3,(H,14,15,16). The third-order valence-corrected chi connectivity index (χ3v) is 3.68. The van der Waals surface area contributed by atoms with Gasteiger partial charge in [-0.15, -0.1) is 0 Å². The van der Waals surface area contributed by atoms with E-state index in [0.717, 1.165) is 30.7 Å². The van der Waals surface area contributed by atoms with E-state index in [9.17, 15) is 0 Å². The van der Waals surface area contributed by atoms with Crippen molar-refractivity contribution in [2.24, 2.45) is 5.92 Å². The van der Waals surface area contributed by atoms with Gasteiger partial charge in [0.2, 0.25) is 0 Å². The number of rotatable bonds is 5. The number of H-pyrrole nitrogens is 1. The van der Waals surface area contributed by atoms with E-state index < -0.39 is 0 Å². The maximum atomic E-state index is 4.12. The largest absolute Gasteiger partial charge is 0.314 e. The Hall–Kier alpha value is -0.900. The summed E-state index contributed by atoms with van der Waals surface area (Å²) in [6, 6.07) is 0.728. The Balaban J connectivity index is 1.60. The van der Waals surface area contributed by atoms with Crippen LogP contribution in [-0.4, -0.2) is 27.8 Å². The number of nitrogens with zero attached hydrogens (tertiary/aromatic N) is 2. The molecule has 0 atom stereocenters. The number of hydrogen-bond acceptors (Lipinski definition) is 3. The molecular formula is C12H22N4. The Labute approximate surface area is 97.2 Å². The van der Waals surface area contributed by atoms with Crippen LogP contribution in [0.3, 0.4) is 0 Å². The average molecular weight is 222 g/mol. The molecule has 0 unspecified atom stereocenters. The molecule has 1 aliphatic carbocycles. The van der Waals surface area contributed by atoms with Crippen molar-refractivity contribution in [2.45, 2.75) is 51.5 Å². The van der Waals surface area contributed by atoms with E-state index >= 15 is 0 Å². The fourth-order valence-corrected chi connectivity index (χ4v) is 2.52. The second kappa shape index (κ2) is 5.99. The second-order valence-electron chi connectivity index (χ2n) is 4.76. The summed E-state index contributed by atoms with van der Waals surface area (Å²) >= 11 is 0. The van der Waals surface area contributed by atoms with Crippen LogP contribution in [0.5, 0.6) is 0 Å². The highest BCUT2D eigenvalue weighted by Gasteiger charge is 2.19. The first-order valence-corrected chi connectivity index (χ1v) is 6.46. The molecule has 1 heterocycles. The summed E-state index contributed by atoms with van der Waals surface area (Å²) in [5.74, 6) is 1.96. The molecule has 0 aromatic carbocycles. The fraction of sp³-hybridized carbons (Fsp3) is 0.833. The highest BCUT2D eigenvalue weighted by Crippen LogP contribution is 2.26. The Morgan fingerprint density at radius 3 is 2.81 bits per heavy atom. The zero-order valence-corrected chi connectivity index (χ0v) is 10.1. The van der Waals surface area contributed by atoms with Crippen LogP contribution in [0.1, 0.15) is 44.9 Å². The quantitative estimate of drug-likeness (QED) is 0.800. The molecule has 2 rings (SSSR count). The summed E-state index contributed by atoms with van der Waals surface area (Å²) in [7, 11) is 0. The van der Waals surface area contributed by atoms with Crippen LogP contribution in [0.25, 0.3) is 0 Å². The van der Waals surface area contributed by atoms with Crippen molar-refractivity contribution in [3.63, 3.8) is 0 Å². The van der Waals surface area contributed by atoms with Crippen LogP contribution in [0, 0.1) is 5.92 Å². The number of nitrogens with one attached hydrogen (secondary N) is 2. The molecule has 1 aliphatic rings. The third kappa shape index (κ3) is 3.30. The molecule has 1 fully saturated rings. The smallest absolute Gasteiger partial charge is 0.137 e. The zero-order chi connectivity index (χ0) is 11.2. The average Bonchev–Trinajstić information content (AvgIpc) is 2.83. The Morgan fingerprint density at radius 1 is 1.38 bits per heavy atom. The van der Waals surface area contributed by atoms with Crippen LogP contribution in [-0.2, 0) is 6.42 Å². The first-order valence-electron chi connectivity index (χ1n) is 6.46. The van der Waals surface area contributed by atoms with E-state index in [4.69, 9.17) is 0 Å². The molecule has 16 heavy (non-hydrogen) atoms. The van der Waals surface area contributed by atoms with Gasteiger partial charge in [0, 0.05) is 19.0 Å². The van der Waals surface area contributed by atoms with Gasteiger partial charge in [0.25, 0.3) is 0 Å². The van der Waals surface area contributed by atoms with Gasteiger partial charge in [0.15, 0.2) is 0 Å². The van der Waals surface area contributed by atoms with E-state index in [-0.39, 0.29) is 0 Å². The lowest BCUT2D eigenvalue weighted by Crippen LogP contribution is -2.34. The van der Waals surface area contributed by atoms with Gasteiger partial charge >= 0.3 is 0 Å². The predicted octanol–water partition coefficient (Wildman–Crippen LogP) is 1.91. The van der Waals surface area contributed by atoms with Crippen molar-refractivity contribution in [1.29, 1.82) is 0 Å². The zero-order valence-electron chi connectivity index (χ0n) is 10.1. The van der Waals surface area contributed by atoms with Crippen molar-refractivity contribution in [3.05, 3.63) is 12.2 Å². The second-order valence-corrected chi connectivity index (χ2v) is 4.76. The predicted molar refractivity (Wildman–Crippen MR) is 64.1 cm³/mol. The molecule has 0 saturated heterocycles. The molecule has 90 valence electrons. The van der Waals surface area contributed by atoms with Gasteiger partial charge in [-0.1, -0.05) is 13.3 Å². The van der Waals surface area contributed by atoms with Crippen molar-refractivity contribution >= 4 is 0 Å². The lowest BCUT2D eigenvalue weighted by atomic mass is 9.84. The normalized spacial score (nSPS) is 25.8. The molecule has 0 aliphatic heterocycles. The first kappa shape index (κ1) is 11.6. The maximum Gasteiger partial charge on any atom is 0.137 e. The van der Waals surface area contributed by atoms with Crippen molar-refractivity contribution < 1.29 is 0 Å². The van der Waals surface area contributed by atoms with Crippen molar-refractivity contribution in [2.75, 3.05) is 6.54 Å². The highest BCUT2D eigenvalue weighted by molar-refractivity contribution is 4.82. The van der Waals surface area contributed by atoms with E-state index in [2.05, 4.69) is 27.4 Å². The van der Waals surface area contributed by atoms with Gasteiger partial charge in [0.05, 0.1) is 0 Å². The molecule has 4 heteroatoms. The summed E-state index contributed by atoms with van der Waals surface area (Å²) in [5.41, 5.74) is 0. The van der Waals surface area contributed by atoms with Gasteiger partial charge in [-0.25, -0.2) is 4.98 Å². The van der Waals surface area contributed by atoms with Crippen LogP contribution in [0.2, 0.25) is 0 Å². The van der Waals surface area contributed by atoms with Gasteiger partial charge in [-0.05, 0) is 31.6 Å². The molecule has 1 aromatic heterocycles. The number of aromatic nitrogens is 3. The number of aromatic amines is 1. The van der Waals surface area contributed by atoms with Gasteiger partial charge in [-0.3, -0.25) is 5.10 Å². The maximum absolute atomic E-state index is 4.12. The van der Waals surface area contributed by atoms with Gasteiger partial charge in [0.1, 0.15) is 12.2 Å². The highest BCUT2D eigenvalue weighted by atomic mass is 15.2. The van der Waals surface area contributed by atoms with Crippen LogP contribution < -0.4 is 5.32 Å². The molecule has 0 spiro atoms. The molecule has 0 bridgehead atoms. The minimum absolute atomic E-state index is 0.728. The summed E-state index contributed by atoms with van der Waals surface area (Å²) in [6.07, 6.45) is 9.36. The van der Waals surface area contributed by atoms with Crippen molar-refractivity contribution in [3.8, 4) is 0 Å². The fourth-order valence-electron chi connectivity index (χ4n) is 2.52.